The van der Waals surface area contributed by atoms with E-state index in [9.17, 15) is 4.79 Å². The molecule has 94 valence electrons. The fraction of sp³-hybridized carbons (Fsp3) is 0.417. The SMILES string of the molecule is CCOC(=O)c1cc2ncc3c(n2n1)CCNC3. The van der Waals surface area contributed by atoms with E-state index in [1.54, 1.807) is 17.5 Å². The van der Waals surface area contributed by atoms with Gasteiger partial charge in [-0.05, 0) is 6.92 Å². The van der Waals surface area contributed by atoms with Crippen LogP contribution in [0.1, 0.15) is 28.7 Å². The molecule has 0 saturated heterocycles. The molecule has 6 heteroatoms. The summed E-state index contributed by atoms with van der Waals surface area (Å²) in [6, 6.07) is 1.67. The minimum absolute atomic E-state index is 0.316. The van der Waals surface area contributed by atoms with Gasteiger partial charge in [-0.15, -0.1) is 0 Å². The molecule has 0 aromatic carbocycles. The van der Waals surface area contributed by atoms with Crippen molar-refractivity contribution >= 4 is 11.6 Å². The first-order valence-electron chi connectivity index (χ1n) is 6.04. The summed E-state index contributed by atoms with van der Waals surface area (Å²) >= 11 is 0. The van der Waals surface area contributed by atoms with E-state index in [0.717, 1.165) is 30.8 Å². The number of aromatic nitrogens is 3. The summed E-state index contributed by atoms with van der Waals surface area (Å²) in [5, 5.41) is 7.58. The van der Waals surface area contributed by atoms with Gasteiger partial charge in [-0.1, -0.05) is 0 Å². The van der Waals surface area contributed by atoms with Crippen LogP contribution in [0.25, 0.3) is 5.65 Å². The van der Waals surface area contributed by atoms with Gasteiger partial charge in [0.15, 0.2) is 11.3 Å². The fourth-order valence-electron chi connectivity index (χ4n) is 2.17. The van der Waals surface area contributed by atoms with Gasteiger partial charge < -0.3 is 10.1 Å². The van der Waals surface area contributed by atoms with E-state index in [0.29, 0.717) is 17.9 Å². The maximum Gasteiger partial charge on any atom is 0.358 e. The van der Waals surface area contributed by atoms with Crippen LogP contribution in [-0.4, -0.2) is 33.7 Å². The molecule has 2 aromatic rings. The molecule has 0 saturated carbocycles. The number of carbonyl (C=O) groups excluding carboxylic acids is 1. The molecule has 0 amide bonds. The number of ether oxygens (including phenoxy) is 1. The Kier molecular flexibility index (Phi) is 2.71. The van der Waals surface area contributed by atoms with Gasteiger partial charge in [-0.2, -0.15) is 5.10 Å². The molecule has 2 aromatic heterocycles. The summed E-state index contributed by atoms with van der Waals surface area (Å²) < 4.78 is 6.70. The average Bonchev–Trinajstić information content (AvgIpc) is 2.83. The first kappa shape index (κ1) is 11.2. The lowest BCUT2D eigenvalue weighted by Crippen LogP contribution is -2.26. The number of fused-ring (bicyclic) bond motifs is 3. The van der Waals surface area contributed by atoms with Crippen molar-refractivity contribution in [2.24, 2.45) is 0 Å². The molecule has 18 heavy (non-hydrogen) atoms. The minimum Gasteiger partial charge on any atom is -0.461 e. The van der Waals surface area contributed by atoms with Gasteiger partial charge >= 0.3 is 5.97 Å². The van der Waals surface area contributed by atoms with E-state index in [1.165, 1.54) is 0 Å². The molecule has 3 heterocycles. The first-order chi connectivity index (χ1) is 8.79. The molecule has 6 nitrogen and oxygen atoms in total. The summed E-state index contributed by atoms with van der Waals surface area (Å²) in [6.07, 6.45) is 2.73. The van der Waals surface area contributed by atoms with Gasteiger partial charge in [0, 0.05) is 37.3 Å². The molecule has 1 aliphatic heterocycles. The van der Waals surface area contributed by atoms with Gasteiger partial charge in [0.1, 0.15) is 0 Å². The van der Waals surface area contributed by atoms with Crippen LogP contribution in [-0.2, 0) is 17.7 Å². The predicted molar refractivity (Wildman–Crippen MR) is 64.4 cm³/mol. The molecule has 1 aliphatic rings. The molecule has 0 aliphatic carbocycles. The Morgan fingerprint density at radius 1 is 1.61 bits per heavy atom. The van der Waals surface area contributed by atoms with Gasteiger partial charge in [-0.3, -0.25) is 0 Å². The highest BCUT2D eigenvalue weighted by atomic mass is 16.5. The number of hydrogen-bond donors (Lipinski definition) is 1. The lowest BCUT2D eigenvalue weighted by molar-refractivity contribution is 0.0519. The van der Waals surface area contributed by atoms with E-state index in [1.807, 2.05) is 6.20 Å². The molecule has 0 radical (unpaired) electrons. The van der Waals surface area contributed by atoms with Crippen molar-refractivity contribution in [3.63, 3.8) is 0 Å². The maximum absolute atomic E-state index is 11.6. The average molecular weight is 246 g/mol. The standard InChI is InChI=1S/C12H14N4O2/c1-2-18-12(17)9-5-11-14-7-8-6-13-4-3-10(8)16(11)15-9/h5,7,13H,2-4,6H2,1H3. The normalized spacial score (nSPS) is 14.5. The molecule has 0 unspecified atom stereocenters. The maximum atomic E-state index is 11.6. The zero-order chi connectivity index (χ0) is 12.5. The Labute approximate surface area is 104 Å². The molecular formula is C12H14N4O2. The van der Waals surface area contributed by atoms with Crippen LogP contribution >= 0.6 is 0 Å². The lowest BCUT2D eigenvalue weighted by atomic mass is 10.1. The van der Waals surface area contributed by atoms with E-state index in [-0.39, 0.29) is 0 Å². The molecular weight excluding hydrogens is 232 g/mol. The predicted octanol–water partition coefficient (Wildman–Crippen LogP) is 0.552. The fourth-order valence-corrected chi connectivity index (χ4v) is 2.17. The summed E-state index contributed by atoms with van der Waals surface area (Å²) in [5.74, 6) is -0.398. The van der Waals surface area contributed by atoms with Crippen LogP contribution < -0.4 is 5.32 Å². The van der Waals surface area contributed by atoms with Gasteiger partial charge in [-0.25, -0.2) is 14.3 Å². The second-order valence-electron chi connectivity index (χ2n) is 4.18. The van der Waals surface area contributed by atoms with Gasteiger partial charge in [0.25, 0.3) is 0 Å². The minimum atomic E-state index is -0.398. The molecule has 0 atom stereocenters. The number of hydrogen-bond acceptors (Lipinski definition) is 5. The highest BCUT2D eigenvalue weighted by Gasteiger charge is 2.17. The number of nitrogens with one attached hydrogen (secondary N) is 1. The van der Waals surface area contributed by atoms with Crippen LogP contribution in [0.15, 0.2) is 12.3 Å². The molecule has 0 spiro atoms. The van der Waals surface area contributed by atoms with E-state index >= 15 is 0 Å². The van der Waals surface area contributed by atoms with Crippen molar-refractivity contribution < 1.29 is 9.53 Å². The van der Waals surface area contributed by atoms with Crippen LogP contribution in [0, 0.1) is 0 Å². The van der Waals surface area contributed by atoms with Crippen molar-refractivity contribution in [1.82, 2.24) is 19.9 Å². The summed E-state index contributed by atoms with van der Waals surface area (Å²) in [4.78, 5) is 16.0. The third-order valence-corrected chi connectivity index (χ3v) is 3.01. The third-order valence-electron chi connectivity index (χ3n) is 3.01. The zero-order valence-electron chi connectivity index (χ0n) is 10.1. The van der Waals surface area contributed by atoms with Crippen LogP contribution in [0.5, 0.6) is 0 Å². The number of nitrogens with zero attached hydrogens (tertiary/aromatic N) is 3. The molecule has 3 rings (SSSR count). The van der Waals surface area contributed by atoms with Crippen molar-refractivity contribution in [1.29, 1.82) is 0 Å². The summed E-state index contributed by atoms with van der Waals surface area (Å²) in [5.41, 5.74) is 3.26. The van der Waals surface area contributed by atoms with Crippen LogP contribution in [0.2, 0.25) is 0 Å². The summed E-state index contributed by atoms with van der Waals surface area (Å²) in [7, 11) is 0. The highest BCUT2D eigenvalue weighted by Crippen LogP contribution is 2.15. The van der Waals surface area contributed by atoms with Crippen molar-refractivity contribution in [2.75, 3.05) is 13.2 Å². The number of esters is 1. The third kappa shape index (κ3) is 1.74. The van der Waals surface area contributed by atoms with Gasteiger partial charge in [0.05, 0.1) is 12.3 Å². The van der Waals surface area contributed by atoms with Crippen molar-refractivity contribution in [3.8, 4) is 0 Å². The Balaban J connectivity index is 2.09. The Bertz CT molecular complexity index is 605. The van der Waals surface area contributed by atoms with Crippen molar-refractivity contribution in [3.05, 3.63) is 29.2 Å². The van der Waals surface area contributed by atoms with E-state index in [4.69, 9.17) is 4.74 Å². The molecule has 0 bridgehead atoms. The Hall–Kier alpha value is -1.95. The highest BCUT2D eigenvalue weighted by molar-refractivity contribution is 5.88. The second-order valence-corrected chi connectivity index (χ2v) is 4.18. The van der Waals surface area contributed by atoms with Crippen LogP contribution in [0.4, 0.5) is 0 Å². The van der Waals surface area contributed by atoms with Gasteiger partial charge in [0.2, 0.25) is 0 Å². The largest absolute Gasteiger partial charge is 0.461 e. The van der Waals surface area contributed by atoms with Crippen molar-refractivity contribution in [2.45, 2.75) is 19.9 Å². The number of carbonyl (C=O) groups is 1. The number of rotatable bonds is 2. The van der Waals surface area contributed by atoms with E-state index in [2.05, 4.69) is 15.4 Å². The second kappa shape index (κ2) is 4.38. The topological polar surface area (TPSA) is 68.5 Å². The summed E-state index contributed by atoms with van der Waals surface area (Å²) in [6.45, 7) is 3.84. The molecule has 1 N–H and O–H groups in total. The van der Waals surface area contributed by atoms with E-state index < -0.39 is 5.97 Å². The lowest BCUT2D eigenvalue weighted by Gasteiger charge is -2.16. The smallest absolute Gasteiger partial charge is 0.358 e. The molecule has 0 fully saturated rings. The monoisotopic (exact) mass is 246 g/mol. The quantitative estimate of drug-likeness (QED) is 0.784. The zero-order valence-corrected chi connectivity index (χ0v) is 10.1. The first-order valence-corrected chi connectivity index (χ1v) is 6.04. The Morgan fingerprint density at radius 3 is 3.33 bits per heavy atom. The Morgan fingerprint density at radius 2 is 2.50 bits per heavy atom. The van der Waals surface area contributed by atoms with Crippen LogP contribution in [0.3, 0.4) is 0 Å².